The fourth-order valence-corrected chi connectivity index (χ4v) is 2.13. The molecular formula is C14H14N4O2S. The Balaban J connectivity index is 1.71. The minimum Gasteiger partial charge on any atom is -0.497 e. The van der Waals surface area contributed by atoms with Crippen molar-refractivity contribution in [2.24, 2.45) is 0 Å². The van der Waals surface area contributed by atoms with Gasteiger partial charge in [-0.05, 0) is 24.0 Å². The van der Waals surface area contributed by atoms with Crippen molar-refractivity contribution in [1.82, 2.24) is 19.6 Å². The second kappa shape index (κ2) is 6.01. The smallest absolute Gasteiger partial charge is 0.256 e. The zero-order valence-corrected chi connectivity index (χ0v) is 12.5. The average Bonchev–Trinajstić information content (AvgIpc) is 2.95. The molecule has 0 aliphatic rings. The summed E-state index contributed by atoms with van der Waals surface area (Å²) >= 11 is 1.48. The molecule has 21 heavy (non-hydrogen) atoms. The van der Waals surface area contributed by atoms with Crippen molar-refractivity contribution in [3.63, 3.8) is 0 Å². The van der Waals surface area contributed by atoms with Gasteiger partial charge in [0.2, 0.25) is 11.0 Å². The molecule has 2 aromatic heterocycles. The van der Waals surface area contributed by atoms with Crippen molar-refractivity contribution in [1.29, 1.82) is 0 Å². The van der Waals surface area contributed by atoms with E-state index in [1.807, 2.05) is 30.5 Å². The summed E-state index contributed by atoms with van der Waals surface area (Å²) in [6.07, 6.45) is 3.72. The Hall–Kier alpha value is -2.28. The van der Waals surface area contributed by atoms with E-state index in [2.05, 4.69) is 15.1 Å². The summed E-state index contributed by atoms with van der Waals surface area (Å²) in [5.74, 6) is 1.89. The van der Waals surface area contributed by atoms with Gasteiger partial charge in [-0.25, -0.2) is 4.52 Å². The Labute approximate surface area is 126 Å². The van der Waals surface area contributed by atoms with Crippen LogP contribution in [0.4, 0.5) is 0 Å². The molecule has 0 bridgehead atoms. The van der Waals surface area contributed by atoms with Gasteiger partial charge < -0.3 is 9.47 Å². The Morgan fingerprint density at radius 2 is 1.95 bits per heavy atom. The van der Waals surface area contributed by atoms with Gasteiger partial charge in [0.05, 0.1) is 7.11 Å². The molecule has 0 unspecified atom stereocenters. The number of fused-ring (bicyclic) bond motifs is 1. The van der Waals surface area contributed by atoms with Crippen LogP contribution in [0.15, 0.2) is 41.7 Å². The predicted octanol–water partition coefficient (Wildman–Crippen LogP) is 2.43. The number of methoxy groups -OCH3 is 1. The minimum absolute atomic E-state index is 0.441. The molecule has 0 aliphatic carbocycles. The highest BCUT2D eigenvalue weighted by Crippen LogP contribution is 2.15. The molecule has 3 aromatic rings. The lowest BCUT2D eigenvalue weighted by Crippen LogP contribution is -1.99. The molecule has 3 rings (SSSR count). The highest BCUT2D eigenvalue weighted by atomic mass is 32.2. The zero-order chi connectivity index (χ0) is 14.7. The number of ether oxygens (including phenoxy) is 2. The van der Waals surface area contributed by atoms with E-state index in [1.54, 1.807) is 23.9 Å². The first-order valence-electron chi connectivity index (χ1n) is 6.31. The third-order valence-electron chi connectivity index (χ3n) is 2.89. The molecule has 0 amide bonds. The molecule has 0 atom stereocenters. The van der Waals surface area contributed by atoms with Crippen LogP contribution in [-0.2, 0) is 6.61 Å². The maximum atomic E-state index is 5.68. The SMILES string of the molecule is COc1ccc(COc2ccn3nc(SC)nc3n2)cc1. The van der Waals surface area contributed by atoms with Gasteiger partial charge in [-0.3, -0.25) is 0 Å². The first-order chi connectivity index (χ1) is 10.3. The molecule has 7 heteroatoms. The first-order valence-corrected chi connectivity index (χ1v) is 7.54. The second-order valence-electron chi connectivity index (χ2n) is 4.25. The van der Waals surface area contributed by atoms with Crippen molar-refractivity contribution in [3.05, 3.63) is 42.1 Å². The molecule has 108 valence electrons. The second-order valence-corrected chi connectivity index (χ2v) is 5.02. The van der Waals surface area contributed by atoms with Crippen LogP contribution in [0.5, 0.6) is 11.6 Å². The zero-order valence-electron chi connectivity index (χ0n) is 11.7. The molecule has 0 saturated heterocycles. The van der Waals surface area contributed by atoms with Gasteiger partial charge in [0.15, 0.2) is 0 Å². The molecule has 0 radical (unpaired) electrons. The van der Waals surface area contributed by atoms with E-state index in [0.717, 1.165) is 11.3 Å². The summed E-state index contributed by atoms with van der Waals surface area (Å²) in [6.45, 7) is 0.441. The van der Waals surface area contributed by atoms with E-state index in [-0.39, 0.29) is 0 Å². The summed E-state index contributed by atoms with van der Waals surface area (Å²) in [7, 11) is 1.64. The van der Waals surface area contributed by atoms with E-state index in [9.17, 15) is 0 Å². The number of benzene rings is 1. The standard InChI is InChI=1S/C14H14N4O2S/c1-19-11-5-3-10(4-6-11)9-20-12-7-8-18-13(15-12)16-14(17-18)21-2/h3-8H,9H2,1-2H3. The number of rotatable bonds is 5. The highest BCUT2D eigenvalue weighted by Gasteiger charge is 2.05. The van der Waals surface area contributed by atoms with Gasteiger partial charge in [0.25, 0.3) is 5.78 Å². The van der Waals surface area contributed by atoms with Crippen LogP contribution in [0.2, 0.25) is 0 Å². The molecule has 2 heterocycles. The highest BCUT2D eigenvalue weighted by molar-refractivity contribution is 7.98. The molecule has 1 aromatic carbocycles. The van der Waals surface area contributed by atoms with Gasteiger partial charge in [0, 0.05) is 12.3 Å². The summed E-state index contributed by atoms with van der Waals surface area (Å²) < 4.78 is 12.4. The third kappa shape index (κ3) is 3.08. The Morgan fingerprint density at radius 3 is 2.67 bits per heavy atom. The van der Waals surface area contributed by atoms with Gasteiger partial charge in [-0.15, -0.1) is 5.10 Å². The molecule has 0 spiro atoms. The van der Waals surface area contributed by atoms with Gasteiger partial charge in [-0.1, -0.05) is 23.9 Å². The fourth-order valence-electron chi connectivity index (χ4n) is 1.79. The summed E-state index contributed by atoms with van der Waals surface area (Å²) in [5, 5.41) is 4.94. The number of nitrogens with zero attached hydrogens (tertiary/aromatic N) is 4. The lowest BCUT2D eigenvalue weighted by molar-refractivity contribution is 0.293. The van der Waals surface area contributed by atoms with Gasteiger partial charge >= 0.3 is 0 Å². The molecule has 0 saturated carbocycles. The summed E-state index contributed by atoms with van der Waals surface area (Å²) in [5.41, 5.74) is 1.05. The molecule has 6 nitrogen and oxygen atoms in total. The molecule has 0 fully saturated rings. The topological polar surface area (TPSA) is 61.5 Å². The van der Waals surface area contributed by atoms with E-state index < -0.39 is 0 Å². The number of hydrogen-bond acceptors (Lipinski definition) is 6. The van der Waals surface area contributed by atoms with Gasteiger partial charge in [-0.2, -0.15) is 9.97 Å². The largest absolute Gasteiger partial charge is 0.497 e. The number of thioether (sulfide) groups is 1. The molecule has 0 N–H and O–H groups in total. The van der Waals surface area contributed by atoms with Crippen molar-refractivity contribution in [2.75, 3.05) is 13.4 Å². The number of hydrogen-bond donors (Lipinski definition) is 0. The normalized spacial score (nSPS) is 10.8. The molecule has 0 aliphatic heterocycles. The van der Waals surface area contributed by atoms with Crippen LogP contribution < -0.4 is 9.47 Å². The van der Waals surface area contributed by atoms with E-state index in [1.165, 1.54) is 11.8 Å². The van der Waals surface area contributed by atoms with E-state index in [0.29, 0.717) is 23.4 Å². The van der Waals surface area contributed by atoms with Crippen LogP contribution in [0.25, 0.3) is 5.78 Å². The first kappa shape index (κ1) is 13.7. The monoisotopic (exact) mass is 302 g/mol. The predicted molar refractivity (Wildman–Crippen MR) is 79.9 cm³/mol. The average molecular weight is 302 g/mol. The minimum atomic E-state index is 0.441. The maximum absolute atomic E-state index is 5.68. The quantitative estimate of drug-likeness (QED) is 0.675. The van der Waals surface area contributed by atoms with Crippen molar-refractivity contribution in [2.45, 2.75) is 11.8 Å². The van der Waals surface area contributed by atoms with Gasteiger partial charge in [0.1, 0.15) is 12.4 Å². The van der Waals surface area contributed by atoms with E-state index in [4.69, 9.17) is 9.47 Å². The van der Waals surface area contributed by atoms with Crippen molar-refractivity contribution < 1.29 is 9.47 Å². The van der Waals surface area contributed by atoms with Crippen molar-refractivity contribution in [3.8, 4) is 11.6 Å². The Kier molecular flexibility index (Phi) is 3.92. The van der Waals surface area contributed by atoms with Crippen LogP contribution in [0, 0.1) is 0 Å². The van der Waals surface area contributed by atoms with Crippen LogP contribution in [0.3, 0.4) is 0 Å². The van der Waals surface area contributed by atoms with Crippen LogP contribution in [-0.4, -0.2) is 32.9 Å². The summed E-state index contributed by atoms with van der Waals surface area (Å²) in [4.78, 5) is 8.60. The van der Waals surface area contributed by atoms with E-state index >= 15 is 0 Å². The van der Waals surface area contributed by atoms with Crippen LogP contribution in [0.1, 0.15) is 5.56 Å². The Morgan fingerprint density at radius 1 is 1.14 bits per heavy atom. The summed E-state index contributed by atoms with van der Waals surface area (Å²) in [6, 6.07) is 9.49. The lowest BCUT2D eigenvalue weighted by atomic mass is 10.2. The van der Waals surface area contributed by atoms with Crippen LogP contribution >= 0.6 is 11.8 Å². The number of aromatic nitrogens is 4. The third-order valence-corrected chi connectivity index (χ3v) is 3.43. The maximum Gasteiger partial charge on any atom is 0.256 e. The van der Waals surface area contributed by atoms with Crippen molar-refractivity contribution >= 4 is 17.5 Å². The fraction of sp³-hybridized carbons (Fsp3) is 0.214. The lowest BCUT2D eigenvalue weighted by Gasteiger charge is -2.06. The molecular weight excluding hydrogens is 288 g/mol. The Bertz CT molecular complexity index is 742.